The summed E-state index contributed by atoms with van der Waals surface area (Å²) >= 11 is 0. The maximum absolute atomic E-state index is 11.6. The summed E-state index contributed by atoms with van der Waals surface area (Å²) in [6, 6.07) is 5.72. The Balaban J connectivity index is 1.93. The van der Waals surface area contributed by atoms with Gasteiger partial charge in [-0.1, -0.05) is 6.07 Å². The third kappa shape index (κ3) is 2.87. The number of hydrogen-bond acceptors (Lipinski definition) is 5. The molecule has 0 amide bonds. The van der Waals surface area contributed by atoms with Crippen LogP contribution in [0, 0.1) is 0 Å². The minimum absolute atomic E-state index is 0.301. The lowest BCUT2D eigenvalue weighted by atomic mass is 10.1. The van der Waals surface area contributed by atoms with Gasteiger partial charge >= 0.3 is 5.97 Å². The number of hydrogen-bond donors (Lipinski definition) is 0. The molecular formula is C16H20N4O2. The van der Waals surface area contributed by atoms with E-state index in [0.29, 0.717) is 17.4 Å². The van der Waals surface area contributed by atoms with Gasteiger partial charge in [-0.2, -0.15) is 0 Å². The minimum Gasteiger partial charge on any atom is -0.464 e. The Morgan fingerprint density at radius 1 is 1.41 bits per heavy atom. The topological polar surface area (TPSA) is 60.2 Å². The molecule has 1 aliphatic heterocycles. The van der Waals surface area contributed by atoms with E-state index in [-0.39, 0.29) is 0 Å². The van der Waals surface area contributed by atoms with Gasteiger partial charge < -0.3 is 14.2 Å². The highest BCUT2D eigenvalue weighted by Gasteiger charge is 2.22. The number of imidazole rings is 1. The Hall–Kier alpha value is -2.21. The van der Waals surface area contributed by atoms with Crippen LogP contribution in [0.5, 0.6) is 0 Å². The lowest BCUT2D eigenvalue weighted by Gasteiger charge is -2.31. The number of aromatic nitrogens is 3. The summed E-state index contributed by atoms with van der Waals surface area (Å²) in [5.74, 6) is 0.364. The average molecular weight is 300 g/mol. The van der Waals surface area contributed by atoms with Gasteiger partial charge in [-0.25, -0.2) is 14.8 Å². The van der Waals surface area contributed by atoms with E-state index in [1.807, 2.05) is 12.3 Å². The second-order valence-corrected chi connectivity index (χ2v) is 5.62. The molecule has 0 bridgehead atoms. The van der Waals surface area contributed by atoms with Gasteiger partial charge in [0.2, 0.25) is 0 Å². The Morgan fingerprint density at radius 2 is 2.27 bits per heavy atom. The zero-order chi connectivity index (χ0) is 15.5. The molecule has 22 heavy (non-hydrogen) atoms. The van der Waals surface area contributed by atoms with Gasteiger partial charge in [-0.3, -0.25) is 0 Å². The standard InChI is InChI=1S/C16H20N4O2/c1-19-9-4-5-12(11-19)20-10-8-17-15(20)13-6-3-7-14(18-13)16(21)22-2/h3,6-8,10,12H,4-5,9,11H2,1-2H3. The first-order valence-corrected chi connectivity index (χ1v) is 7.46. The van der Waals surface area contributed by atoms with Crippen molar-refractivity contribution in [2.24, 2.45) is 0 Å². The van der Waals surface area contributed by atoms with Crippen LogP contribution in [0.25, 0.3) is 11.5 Å². The number of pyridine rings is 1. The highest BCUT2D eigenvalue weighted by Crippen LogP contribution is 2.26. The molecule has 3 rings (SSSR count). The second-order valence-electron chi connectivity index (χ2n) is 5.62. The highest BCUT2D eigenvalue weighted by molar-refractivity contribution is 5.87. The van der Waals surface area contributed by atoms with Gasteiger partial charge in [0, 0.05) is 25.0 Å². The average Bonchev–Trinajstić information content (AvgIpc) is 3.04. The number of rotatable bonds is 3. The molecule has 2 aromatic rings. The van der Waals surface area contributed by atoms with Crippen LogP contribution in [-0.2, 0) is 4.74 Å². The predicted molar refractivity (Wildman–Crippen MR) is 82.6 cm³/mol. The molecule has 1 saturated heterocycles. The first-order chi connectivity index (χ1) is 10.7. The first-order valence-electron chi connectivity index (χ1n) is 7.46. The monoisotopic (exact) mass is 300 g/mol. The molecule has 0 saturated carbocycles. The van der Waals surface area contributed by atoms with Crippen LogP contribution in [0.4, 0.5) is 0 Å². The lowest BCUT2D eigenvalue weighted by Crippen LogP contribution is -2.33. The summed E-state index contributed by atoms with van der Waals surface area (Å²) in [5.41, 5.74) is 0.997. The molecule has 3 heterocycles. The zero-order valence-corrected chi connectivity index (χ0v) is 12.9. The second kappa shape index (κ2) is 6.27. The number of likely N-dealkylation sites (N-methyl/N-ethyl adjacent to an activating group) is 1. The SMILES string of the molecule is COC(=O)c1cccc(-c2nccn2C2CCCN(C)C2)n1. The lowest BCUT2D eigenvalue weighted by molar-refractivity contribution is 0.0594. The molecular weight excluding hydrogens is 280 g/mol. The van der Waals surface area contributed by atoms with E-state index in [1.54, 1.807) is 18.3 Å². The molecule has 0 aliphatic carbocycles. The van der Waals surface area contributed by atoms with Crippen molar-refractivity contribution in [2.45, 2.75) is 18.9 Å². The third-order valence-corrected chi connectivity index (χ3v) is 4.03. The fraction of sp³-hybridized carbons (Fsp3) is 0.438. The smallest absolute Gasteiger partial charge is 0.356 e. The van der Waals surface area contributed by atoms with Crippen molar-refractivity contribution in [1.82, 2.24) is 19.4 Å². The quantitative estimate of drug-likeness (QED) is 0.811. The van der Waals surface area contributed by atoms with Crippen LogP contribution in [0.1, 0.15) is 29.4 Å². The van der Waals surface area contributed by atoms with E-state index in [4.69, 9.17) is 4.74 Å². The minimum atomic E-state index is -0.433. The van der Waals surface area contributed by atoms with Crippen LogP contribution in [0.2, 0.25) is 0 Å². The number of methoxy groups -OCH3 is 1. The summed E-state index contributed by atoms with van der Waals surface area (Å²) in [5, 5.41) is 0. The van der Waals surface area contributed by atoms with Crippen LogP contribution in [0.3, 0.4) is 0 Å². The molecule has 2 aromatic heterocycles. The van der Waals surface area contributed by atoms with Gasteiger partial charge in [0.1, 0.15) is 11.4 Å². The molecule has 1 fully saturated rings. The Bertz CT molecular complexity index is 668. The molecule has 1 unspecified atom stereocenters. The fourth-order valence-electron chi connectivity index (χ4n) is 2.95. The largest absolute Gasteiger partial charge is 0.464 e. The summed E-state index contributed by atoms with van der Waals surface area (Å²) < 4.78 is 6.90. The molecule has 1 atom stereocenters. The van der Waals surface area contributed by atoms with Gasteiger partial charge in [0.25, 0.3) is 0 Å². The molecule has 1 aliphatic rings. The summed E-state index contributed by atoms with van der Waals surface area (Å²) in [6.45, 7) is 2.14. The Labute approximate surface area is 129 Å². The molecule has 0 spiro atoms. The van der Waals surface area contributed by atoms with Crippen LogP contribution in [-0.4, -0.2) is 52.7 Å². The number of carbonyl (C=O) groups is 1. The van der Waals surface area contributed by atoms with Crippen LogP contribution in [0.15, 0.2) is 30.6 Å². The van der Waals surface area contributed by atoms with Gasteiger partial charge in [0.15, 0.2) is 5.82 Å². The molecule has 6 heteroatoms. The van der Waals surface area contributed by atoms with E-state index >= 15 is 0 Å². The number of piperidine rings is 1. The van der Waals surface area contributed by atoms with Crippen molar-refractivity contribution >= 4 is 5.97 Å². The molecule has 0 N–H and O–H groups in total. The van der Waals surface area contributed by atoms with Crippen molar-refractivity contribution < 1.29 is 9.53 Å². The van der Waals surface area contributed by atoms with Crippen molar-refractivity contribution in [3.8, 4) is 11.5 Å². The predicted octanol–water partition coefficient (Wildman–Crippen LogP) is 2.00. The van der Waals surface area contributed by atoms with Crippen molar-refractivity contribution in [1.29, 1.82) is 0 Å². The number of ether oxygens (including phenoxy) is 1. The van der Waals surface area contributed by atoms with Gasteiger partial charge in [0.05, 0.1) is 7.11 Å². The molecule has 6 nitrogen and oxygen atoms in total. The molecule has 0 radical (unpaired) electrons. The van der Waals surface area contributed by atoms with Gasteiger partial charge in [-0.15, -0.1) is 0 Å². The normalized spacial score (nSPS) is 19.1. The third-order valence-electron chi connectivity index (χ3n) is 4.03. The van der Waals surface area contributed by atoms with E-state index < -0.39 is 5.97 Å². The van der Waals surface area contributed by atoms with Crippen LogP contribution >= 0.6 is 0 Å². The van der Waals surface area contributed by atoms with E-state index in [2.05, 4.69) is 26.5 Å². The van der Waals surface area contributed by atoms with Crippen LogP contribution < -0.4 is 0 Å². The van der Waals surface area contributed by atoms with E-state index in [1.165, 1.54) is 13.5 Å². The first kappa shape index (κ1) is 14.7. The maximum atomic E-state index is 11.6. The maximum Gasteiger partial charge on any atom is 0.356 e. The molecule has 116 valence electrons. The highest BCUT2D eigenvalue weighted by atomic mass is 16.5. The fourth-order valence-corrected chi connectivity index (χ4v) is 2.95. The number of nitrogens with zero attached hydrogens (tertiary/aromatic N) is 4. The molecule has 0 aromatic carbocycles. The zero-order valence-electron chi connectivity index (χ0n) is 12.9. The van der Waals surface area contributed by atoms with Crippen molar-refractivity contribution in [3.63, 3.8) is 0 Å². The van der Waals surface area contributed by atoms with Crippen molar-refractivity contribution in [2.75, 3.05) is 27.2 Å². The summed E-state index contributed by atoms with van der Waals surface area (Å²) in [6.07, 6.45) is 6.08. The van der Waals surface area contributed by atoms with E-state index in [9.17, 15) is 4.79 Å². The van der Waals surface area contributed by atoms with E-state index in [0.717, 1.165) is 25.3 Å². The Morgan fingerprint density at radius 3 is 3.05 bits per heavy atom. The number of likely N-dealkylation sites (tertiary alicyclic amines) is 1. The number of carbonyl (C=O) groups excluding carboxylic acids is 1. The number of esters is 1. The summed E-state index contributed by atoms with van der Waals surface area (Å²) in [4.78, 5) is 22.8. The van der Waals surface area contributed by atoms with Gasteiger partial charge in [-0.05, 0) is 38.6 Å². The van der Waals surface area contributed by atoms with Crippen molar-refractivity contribution in [3.05, 3.63) is 36.3 Å². The summed E-state index contributed by atoms with van der Waals surface area (Å²) in [7, 11) is 3.49. The Kier molecular flexibility index (Phi) is 4.20.